The monoisotopic (exact) mass is 132 g/mol. The summed E-state index contributed by atoms with van der Waals surface area (Å²) in [6, 6.07) is 0.394. The van der Waals surface area contributed by atoms with E-state index in [0.29, 0.717) is 12.6 Å². The minimum atomic E-state index is 0.292. The zero-order valence-electron chi connectivity index (χ0n) is 6.89. The van der Waals surface area contributed by atoms with E-state index < -0.39 is 0 Å². The average Bonchev–Trinajstić information content (AvgIpc) is 1.65. The summed E-state index contributed by atoms with van der Waals surface area (Å²) < 4.78 is 0.854. The average molecular weight is 132 g/mol. The van der Waals surface area contributed by atoms with E-state index in [1.165, 1.54) is 0 Å². The van der Waals surface area contributed by atoms with Crippen LogP contribution in [0.15, 0.2) is 0 Å². The molecule has 2 nitrogen and oxygen atoms in total. The summed E-state index contributed by atoms with van der Waals surface area (Å²) in [6.07, 6.45) is 1.04. The fourth-order valence-electron chi connectivity index (χ4n) is 0.922. The molecule has 0 spiro atoms. The summed E-state index contributed by atoms with van der Waals surface area (Å²) in [5.74, 6) is 0. The molecule has 0 aromatic heterocycles. The van der Waals surface area contributed by atoms with Crippen LogP contribution in [-0.2, 0) is 0 Å². The quantitative estimate of drug-likeness (QED) is 0.553. The second kappa shape index (κ2) is 3.18. The number of hydrogen-bond acceptors (Lipinski definition) is 1. The second-order valence-electron chi connectivity index (χ2n) is 3.36. The Morgan fingerprint density at radius 1 is 1.33 bits per heavy atom. The Morgan fingerprint density at radius 2 is 1.78 bits per heavy atom. The molecule has 0 aliphatic rings. The minimum Gasteiger partial charge on any atom is -0.390 e. The van der Waals surface area contributed by atoms with Gasteiger partial charge in [-0.05, 0) is 6.42 Å². The van der Waals surface area contributed by atoms with Gasteiger partial charge >= 0.3 is 0 Å². The number of rotatable bonds is 3. The van der Waals surface area contributed by atoms with E-state index in [2.05, 4.69) is 28.1 Å². The van der Waals surface area contributed by atoms with Gasteiger partial charge in [0.05, 0.1) is 27.7 Å². The maximum absolute atomic E-state index is 8.85. The van der Waals surface area contributed by atoms with E-state index in [0.717, 1.165) is 10.9 Å². The highest BCUT2D eigenvalue weighted by Crippen LogP contribution is 2.04. The van der Waals surface area contributed by atoms with Crippen molar-refractivity contribution in [2.45, 2.75) is 19.4 Å². The Kier molecular flexibility index (Phi) is 3.15. The third kappa shape index (κ3) is 2.82. The molecule has 1 atom stereocenters. The molecule has 0 rings (SSSR count). The van der Waals surface area contributed by atoms with Crippen molar-refractivity contribution in [3.63, 3.8) is 0 Å². The molecule has 0 aliphatic carbocycles. The predicted octanol–water partition coefficient (Wildman–Crippen LogP) is 0.464. The van der Waals surface area contributed by atoms with Crippen LogP contribution in [0.3, 0.4) is 0 Å². The van der Waals surface area contributed by atoms with Gasteiger partial charge in [-0.25, -0.2) is 0 Å². The highest BCUT2D eigenvalue weighted by atomic mass is 16.3. The lowest BCUT2D eigenvalue weighted by atomic mass is 10.2. The fourth-order valence-corrected chi connectivity index (χ4v) is 0.922. The van der Waals surface area contributed by atoms with Crippen LogP contribution in [0.2, 0.25) is 0 Å². The van der Waals surface area contributed by atoms with Gasteiger partial charge in [-0.15, -0.1) is 0 Å². The van der Waals surface area contributed by atoms with E-state index in [9.17, 15) is 0 Å². The largest absolute Gasteiger partial charge is 0.390 e. The van der Waals surface area contributed by atoms with Crippen LogP contribution in [0, 0.1) is 0 Å². The number of hydrogen-bond donors (Lipinski definition) is 1. The molecule has 0 fully saturated rings. The smallest absolute Gasteiger partial charge is 0.111 e. The van der Waals surface area contributed by atoms with Crippen LogP contribution in [0.5, 0.6) is 0 Å². The Bertz CT molecular complexity index is 71.5. The topological polar surface area (TPSA) is 20.2 Å². The third-order valence-corrected chi connectivity index (χ3v) is 1.78. The van der Waals surface area contributed by atoms with Crippen molar-refractivity contribution >= 4 is 0 Å². The molecule has 0 aromatic rings. The van der Waals surface area contributed by atoms with Gasteiger partial charge in [0.25, 0.3) is 0 Å². The van der Waals surface area contributed by atoms with Crippen molar-refractivity contribution in [3.05, 3.63) is 0 Å². The van der Waals surface area contributed by atoms with Gasteiger partial charge in [-0.3, -0.25) is 0 Å². The highest BCUT2D eigenvalue weighted by molar-refractivity contribution is 4.49. The van der Waals surface area contributed by atoms with Gasteiger partial charge in [0.15, 0.2) is 0 Å². The first kappa shape index (κ1) is 8.92. The standard InChI is InChI=1S/C7H18NO/c1-5-7(6-9)8(2,3)4/h7,9H,5-6H2,1-4H3/q+1/t7-/m0/s1. The maximum atomic E-state index is 8.85. The molecule has 0 bridgehead atoms. The first-order valence-corrected chi connectivity index (χ1v) is 3.44. The Morgan fingerprint density at radius 3 is 1.78 bits per heavy atom. The molecule has 56 valence electrons. The molecule has 0 radical (unpaired) electrons. The molecule has 0 aliphatic heterocycles. The molecule has 2 heteroatoms. The summed E-state index contributed by atoms with van der Waals surface area (Å²) in [4.78, 5) is 0. The van der Waals surface area contributed by atoms with Crippen LogP contribution in [0.25, 0.3) is 0 Å². The molecule has 0 unspecified atom stereocenters. The summed E-state index contributed by atoms with van der Waals surface area (Å²) in [5, 5.41) is 8.85. The first-order valence-electron chi connectivity index (χ1n) is 3.44. The van der Waals surface area contributed by atoms with E-state index >= 15 is 0 Å². The van der Waals surface area contributed by atoms with Gasteiger partial charge in [0.2, 0.25) is 0 Å². The van der Waals surface area contributed by atoms with Crippen molar-refractivity contribution in [1.29, 1.82) is 0 Å². The molecule has 0 aromatic carbocycles. The third-order valence-electron chi connectivity index (χ3n) is 1.78. The molecular weight excluding hydrogens is 114 g/mol. The SMILES string of the molecule is CC[C@@H](CO)[N+](C)(C)C. The van der Waals surface area contributed by atoms with Crippen molar-refractivity contribution < 1.29 is 9.59 Å². The van der Waals surface area contributed by atoms with Crippen LogP contribution in [-0.4, -0.2) is 43.4 Å². The molecule has 9 heavy (non-hydrogen) atoms. The number of quaternary nitrogens is 1. The molecule has 1 N–H and O–H groups in total. The normalized spacial score (nSPS) is 15.7. The van der Waals surface area contributed by atoms with E-state index in [4.69, 9.17) is 5.11 Å². The minimum absolute atomic E-state index is 0.292. The molecule has 0 heterocycles. The summed E-state index contributed by atoms with van der Waals surface area (Å²) in [6.45, 7) is 2.39. The Balaban J connectivity index is 3.79. The lowest BCUT2D eigenvalue weighted by Gasteiger charge is -2.32. The Labute approximate surface area is 57.7 Å². The molecular formula is C7H18NO+. The maximum Gasteiger partial charge on any atom is 0.111 e. The summed E-state index contributed by atoms with van der Waals surface area (Å²) >= 11 is 0. The summed E-state index contributed by atoms with van der Waals surface area (Å²) in [5.41, 5.74) is 0. The second-order valence-corrected chi connectivity index (χ2v) is 3.36. The van der Waals surface area contributed by atoms with E-state index in [-0.39, 0.29) is 0 Å². The molecule has 0 saturated heterocycles. The Hall–Kier alpha value is -0.0800. The van der Waals surface area contributed by atoms with Gasteiger partial charge < -0.3 is 9.59 Å². The van der Waals surface area contributed by atoms with Crippen LogP contribution in [0.1, 0.15) is 13.3 Å². The fraction of sp³-hybridized carbons (Fsp3) is 1.00. The zero-order valence-corrected chi connectivity index (χ0v) is 6.89. The van der Waals surface area contributed by atoms with Crippen molar-refractivity contribution in [3.8, 4) is 0 Å². The lowest BCUT2D eigenvalue weighted by molar-refractivity contribution is -0.896. The number of aliphatic hydroxyl groups excluding tert-OH is 1. The first-order chi connectivity index (χ1) is 4.02. The molecule has 0 amide bonds. The number of nitrogens with zero attached hydrogens (tertiary/aromatic N) is 1. The van der Waals surface area contributed by atoms with Crippen LogP contribution < -0.4 is 0 Å². The van der Waals surface area contributed by atoms with E-state index in [1.54, 1.807) is 0 Å². The van der Waals surface area contributed by atoms with Crippen LogP contribution in [0.4, 0.5) is 0 Å². The van der Waals surface area contributed by atoms with Crippen molar-refractivity contribution in [2.24, 2.45) is 0 Å². The van der Waals surface area contributed by atoms with Crippen molar-refractivity contribution in [1.82, 2.24) is 0 Å². The zero-order chi connectivity index (χ0) is 7.49. The van der Waals surface area contributed by atoms with Gasteiger partial charge in [0, 0.05) is 0 Å². The number of aliphatic hydroxyl groups is 1. The van der Waals surface area contributed by atoms with Gasteiger partial charge in [0.1, 0.15) is 6.04 Å². The lowest BCUT2D eigenvalue weighted by Crippen LogP contribution is -2.46. The van der Waals surface area contributed by atoms with Gasteiger partial charge in [-0.1, -0.05) is 6.92 Å². The van der Waals surface area contributed by atoms with E-state index in [1.807, 2.05) is 0 Å². The molecule has 0 saturated carbocycles. The van der Waals surface area contributed by atoms with Gasteiger partial charge in [-0.2, -0.15) is 0 Å². The highest BCUT2D eigenvalue weighted by Gasteiger charge is 2.19. The van der Waals surface area contributed by atoms with Crippen molar-refractivity contribution in [2.75, 3.05) is 27.7 Å². The number of likely N-dealkylation sites (N-methyl/N-ethyl adjacent to an activating group) is 1. The predicted molar refractivity (Wildman–Crippen MR) is 39.2 cm³/mol. The van der Waals surface area contributed by atoms with Crippen LogP contribution >= 0.6 is 0 Å². The summed E-state index contributed by atoms with van der Waals surface area (Å²) in [7, 11) is 6.30.